The SMILES string of the molecule is O=[N+]([O-])c1ccc(-c2c(-c3ccccc3)[nH]c(-c3ccccc3)c2-c2ccc([N+](=O)[O-])cc2)cc1. The average Bonchev–Trinajstić information content (AvgIpc) is 3.30. The van der Waals surface area contributed by atoms with Gasteiger partial charge in [-0.3, -0.25) is 20.2 Å². The lowest BCUT2D eigenvalue weighted by atomic mass is 9.91. The first-order valence-corrected chi connectivity index (χ1v) is 10.9. The quantitative estimate of drug-likeness (QED) is 0.209. The minimum atomic E-state index is -0.425. The highest BCUT2D eigenvalue weighted by molar-refractivity contribution is 6.01. The molecule has 170 valence electrons. The number of hydrogen-bond acceptors (Lipinski definition) is 4. The van der Waals surface area contributed by atoms with Gasteiger partial charge in [0.1, 0.15) is 0 Å². The molecule has 35 heavy (non-hydrogen) atoms. The fourth-order valence-corrected chi connectivity index (χ4v) is 4.22. The van der Waals surface area contributed by atoms with Crippen molar-refractivity contribution < 1.29 is 9.85 Å². The van der Waals surface area contributed by atoms with Crippen LogP contribution in [0.3, 0.4) is 0 Å². The molecule has 0 aliphatic rings. The summed E-state index contributed by atoms with van der Waals surface area (Å²) in [6.45, 7) is 0. The Morgan fingerprint density at radius 2 is 0.800 bits per heavy atom. The van der Waals surface area contributed by atoms with Crippen molar-refractivity contribution >= 4 is 11.4 Å². The summed E-state index contributed by atoms with van der Waals surface area (Å²) in [6, 6.07) is 32.5. The zero-order chi connectivity index (χ0) is 24.4. The molecule has 1 N–H and O–H groups in total. The van der Waals surface area contributed by atoms with E-state index in [2.05, 4.69) is 4.98 Å². The summed E-state index contributed by atoms with van der Waals surface area (Å²) in [5.41, 5.74) is 6.92. The van der Waals surface area contributed by atoms with Gasteiger partial charge >= 0.3 is 0 Å². The molecule has 1 heterocycles. The van der Waals surface area contributed by atoms with Crippen molar-refractivity contribution in [3.8, 4) is 44.8 Å². The van der Waals surface area contributed by atoms with E-state index in [-0.39, 0.29) is 11.4 Å². The average molecular weight is 461 g/mol. The van der Waals surface area contributed by atoms with Crippen LogP contribution in [0.4, 0.5) is 11.4 Å². The molecule has 0 unspecified atom stereocenters. The Morgan fingerprint density at radius 3 is 1.11 bits per heavy atom. The van der Waals surface area contributed by atoms with Crippen molar-refractivity contribution in [1.29, 1.82) is 0 Å². The number of hydrogen-bond donors (Lipinski definition) is 1. The maximum absolute atomic E-state index is 11.2. The third kappa shape index (κ3) is 4.18. The Bertz CT molecular complexity index is 1390. The van der Waals surface area contributed by atoms with Crippen LogP contribution in [-0.2, 0) is 0 Å². The predicted octanol–water partition coefficient (Wildman–Crippen LogP) is 7.50. The number of aromatic amines is 1. The predicted molar refractivity (Wildman–Crippen MR) is 136 cm³/mol. The first-order chi connectivity index (χ1) is 17.0. The van der Waals surface area contributed by atoms with E-state index in [4.69, 9.17) is 0 Å². The number of aromatic nitrogens is 1. The Labute approximate surface area is 200 Å². The van der Waals surface area contributed by atoms with Crippen LogP contribution < -0.4 is 0 Å². The topological polar surface area (TPSA) is 102 Å². The van der Waals surface area contributed by atoms with Crippen LogP contribution in [0.25, 0.3) is 44.8 Å². The van der Waals surface area contributed by atoms with Crippen LogP contribution >= 0.6 is 0 Å². The lowest BCUT2D eigenvalue weighted by Gasteiger charge is -2.10. The highest BCUT2D eigenvalue weighted by Gasteiger charge is 2.23. The van der Waals surface area contributed by atoms with E-state index in [1.807, 2.05) is 60.7 Å². The molecule has 0 aliphatic carbocycles. The van der Waals surface area contributed by atoms with Crippen molar-refractivity contribution in [3.05, 3.63) is 129 Å². The standard InChI is InChI=1S/C28H19N3O4/c32-30(33)23-15-11-19(12-16-23)25-26(20-13-17-24(18-14-20)31(34)35)28(22-9-5-2-6-10-22)29-27(25)21-7-3-1-4-8-21/h1-18,29H. The van der Waals surface area contributed by atoms with Crippen LogP contribution in [0.15, 0.2) is 109 Å². The van der Waals surface area contributed by atoms with Gasteiger partial charge in [0.2, 0.25) is 0 Å². The summed E-state index contributed by atoms with van der Waals surface area (Å²) in [4.78, 5) is 25.2. The van der Waals surface area contributed by atoms with E-state index in [0.717, 1.165) is 44.8 Å². The third-order valence-electron chi connectivity index (χ3n) is 5.86. The molecule has 7 heteroatoms. The summed E-state index contributed by atoms with van der Waals surface area (Å²) < 4.78 is 0. The van der Waals surface area contributed by atoms with Crippen LogP contribution in [-0.4, -0.2) is 14.8 Å². The van der Waals surface area contributed by atoms with Gasteiger partial charge < -0.3 is 4.98 Å². The molecule has 5 rings (SSSR count). The molecular formula is C28H19N3O4. The van der Waals surface area contributed by atoms with Gasteiger partial charge in [-0.1, -0.05) is 60.7 Å². The molecule has 7 nitrogen and oxygen atoms in total. The van der Waals surface area contributed by atoms with Crippen LogP contribution in [0, 0.1) is 20.2 Å². The third-order valence-corrected chi connectivity index (χ3v) is 5.86. The number of nitro groups is 2. The number of nitro benzene ring substituents is 2. The zero-order valence-electron chi connectivity index (χ0n) is 18.4. The lowest BCUT2D eigenvalue weighted by Crippen LogP contribution is -1.90. The van der Waals surface area contributed by atoms with Crippen LogP contribution in [0.2, 0.25) is 0 Å². The minimum absolute atomic E-state index is 0.00529. The molecule has 0 saturated carbocycles. The zero-order valence-corrected chi connectivity index (χ0v) is 18.4. The summed E-state index contributed by atoms with van der Waals surface area (Å²) in [5.74, 6) is 0. The van der Waals surface area contributed by atoms with E-state index in [1.54, 1.807) is 24.3 Å². The van der Waals surface area contributed by atoms with E-state index in [1.165, 1.54) is 24.3 Å². The summed E-state index contributed by atoms with van der Waals surface area (Å²) in [6.07, 6.45) is 0. The second-order valence-corrected chi connectivity index (χ2v) is 7.97. The second-order valence-electron chi connectivity index (χ2n) is 7.97. The van der Waals surface area contributed by atoms with Crippen molar-refractivity contribution in [2.24, 2.45) is 0 Å². The van der Waals surface area contributed by atoms with Crippen LogP contribution in [0.5, 0.6) is 0 Å². The molecule has 0 fully saturated rings. The summed E-state index contributed by atoms with van der Waals surface area (Å²) in [5, 5.41) is 22.5. The minimum Gasteiger partial charge on any atom is -0.353 e. The van der Waals surface area contributed by atoms with E-state index in [9.17, 15) is 20.2 Å². The van der Waals surface area contributed by atoms with Crippen molar-refractivity contribution in [3.63, 3.8) is 0 Å². The Morgan fingerprint density at radius 1 is 0.457 bits per heavy atom. The van der Waals surface area contributed by atoms with Crippen LogP contribution in [0.1, 0.15) is 0 Å². The molecule has 0 spiro atoms. The van der Waals surface area contributed by atoms with Gasteiger partial charge in [-0.25, -0.2) is 0 Å². The maximum atomic E-state index is 11.2. The van der Waals surface area contributed by atoms with Gasteiger partial charge in [-0.2, -0.15) is 0 Å². The number of rotatable bonds is 6. The number of H-pyrrole nitrogens is 1. The van der Waals surface area contributed by atoms with Crippen molar-refractivity contribution in [1.82, 2.24) is 4.98 Å². The first kappa shape index (κ1) is 21.8. The fourth-order valence-electron chi connectivity index (χ4n) is 4.22. The van der Waals surface area contributed by atoms with Gasteiger partial charge in [-0.05, 0) is 46.5 Å². The highest BCUT2D eigenvalue weighted by Crippen LogP contribution is 2.46. The van der Waals surface area contributed by atoms with E-state index < -0.39 is 9.85 Å². The largest absolute Gasteiger partial charge is 0.353 e. The molecule has 0 bridgehead atoms. The van der Waals surface area contributed by atoms with Gasteiger partial charge in [0, 0.05) is 35.4 Å². The van der Waals surface area contributed by atoms with E-state index in [0.29, 0.717) is 0 Å². The monoisotopic (exact) mass is 461 g/mol. The highest BCUT2D eigenvalue weighted by atomic mass is 16.6. The molecule has 0 saturated heterocycles. The second kappa shape index (κ2) is 9.07. The van der Waals surface area contributed by atoms with Gasteiger partial charge in [0.25, 0.3) is 11.4 Å². The molecule has 4 aromatic carbocycles. The fraction of sp³-hybridized carbons (Fsp3) is 0. The van der Waals surface area contributed by atoms with E-state index >= 15 is 0 Å². The molecule has 0 radical (unpaired) electrons. The Hall–Kier alpha value is -5.04. The Kier molecular flexibility index (Phi) is 5.65. The number of nitrogens with one attached hydrogen (secondary N) is 1. The van der Waals surface area contributed by atoms with Crippen molar-refractivity contribution in [2.45, 2.75) is 0 Å². The molecular weight excluding hydrogens is 442 g/mol. The van der Waals surface area contributed by atoms with Gasteiger partial charge in [0.05, 0.1) is 21.2 Å². The molecule has 0 aliphatic heterocycles. The maximum Gasteiger partial charge on any atom is 0.269 e. The summed E-state index contributed by atoms with van der Waals surface area (Å²) in [7, 11) is 0. The lowest BCUT2D eigenvalue weighted by molar-refractivity contribution is -0.385. The molecule has 1 aromatic heterocycles. The van der Waals surface area contributed by atoms with Crippen molar-refractivity contribution in [2.75, 3.05) is 0 Å². The summed E-state index contributed by atoms with van der Waals surface area (Å²) >= 11 is 0. The molecule has 0 amide bonds. The number of non-ortho nitro benzene ring substituents is 2. The van der Waals surface area contributed by atoms with Gasteiger partial charge in [0.15, 0.2) is 0 Å². The number of nitrogens with zero attached hydrogens (tertiary/aromatic N) is 2. The molecule has 5 aromatic rings. The molecule has 0 atom stereocenters. The normalized spacial score (nSPS) is 10.7. The van der Waals surface area contributed by atoms with Gasteiger partial charge in [-0.15, -0.1) is 0 Å². The number of benzene rings is 4. The Balaban J connectivity index is 1.83. The first-order valence-electron chi connectivity index (χ1n) is 10.9. The smallest absolute Gasteiger partial charge is 0.269 e.